The third-order valence-electron chi connectivity index (χ3n) is 4.54. The lowest BCUT2D eigenvalue weighted by Gasteiger charge is -2.39. The number of amides is 1. The SMILES string of the molecule is CNC1Cc2ccccc2C(C)(C)N(c2ccccc2)C1=O. The minimum absolute atomic E-state index is 0.120. The summed E-state index contributed by atoms with van der Waals surface area (Å²) in [7, 11) is 1.85. The number of para-hydroxylation sites is 1. The molecular weight excluding hydrogens is 272 g/mol. The molecule has 0 bridgehead atoms. The van der Waals surface area contributed by atoms with E-state index in [0.717, 1.165) is 12.1 Å². The van der Waals surface area contributed by atoms with E-state index in [0.29, 0.717) is 0 Å². The summed E-state index contributed by atoms with van der Waals surface area (Å²) in [5.74, 6) is 0.120. The van der Waals surface area contributed by atoms with Crippen LogP contribution in [0.5, 0.6) is 0 Å². The van der Waals surface area contributed by atoms with E-state index in [1.54, 1.807) is 0 Å². The molecule has 1 unspecified atom stereocenters. The van der Waals surface area contributed by atoms with Gasteiger partial charge in [-0.1, -0.05) is 42.5 Å². The Morgan fingerprint density at radius 2 is 1.68 bits per heavy atom. The average Bonchev–Trinajstić information content (AvgIpc) is 2.61. The number of rotatable bonds is 2. The molecule has 3 rings (SSSR count). The van der Waals surface area contributed by atoms with E-state index >= 15 is 0 Å². The summed E-state index contributed by atoms with van der Waals surface area (Å²) in [5, 5.41) is 3.18. The van der Waals surface area contributed by atoms with E-state index in [1.807, 2.05) is 54.4 Å². The van der Waals surface area contributed by atoms with Crippen LogP contribution in [0.4, 0.5) is 5.69 Å². The van der Waals surface area contributed by atoms with E-state index in [-0.39, 0.29) is 17.5 Å². The molecule has 0 aliphatic carbocycles. The molecule has 0 saturated heterocycles. The Kier molecular flexibility index (Phi) is 3.75. The van der Waals surface area contributed by atoms with Gasteiger partial charge in [0.15, 0.2) is 0 Å². The Labute approximate surface area is 132 Å². The van der Waals surface area contributed by atoms with Crippen LogP contribution in [0, 0.1) is 0 Å². The molecule has 0 fully saturated rings. The second-order valence-electron chi connectivity index (χ2n) is 6.27. The van der Waals surface area contributed by atoms with Gasteiger partial charge in [0, 0.05) is 5.69 Å². The Morgan fingerprint density at radius 1 is 1.05 bits per heavy atom. The minimum Gasteiger partial charge on any atom is -0.309 e. The first-order valence-electron chi connectivity index (χ1n) is 7.70. The van der Waals surface area contributed by atoms with Gasteiger partial charge in [-0.15, -0.1) is 0 Å². The zero-order valence-corrected chi connectivity index (χ0v) is 13.3. The van der Waals surface area contributed by atoms with Gasteiger partial charge in [-0.25, -0.2) is 0 Å². The van der Waals surface area contributed by atoms with Crippen molar-refractivity contribution in [1.82, 2.24) is 5.32 Å². The van der Waals surface area contributed by atoms with Crippen molar-refractivity contribution in [2.24, 2.45) is 0 Å². The van der Waals surface area contributed by atoms with Gasteiger partial charge in [-0.2, -0.15) is 0 Å². The number of nitrogens with one attached hydrogen (secondary N) is 1. The molecule has 0 radical (unpaired) electrons. The lowest BCUT2D eigenvalue weighted by atomic mass is 9.88. The van der Waals surface area contributed by atoms with Crippen molar-refractivity contribution in [1.29, 1.82) is 0 Å². The monoisotopic (exact) mass is 294 g/mol. The van der Waals surface area contributed by atoms with Crippen molar-refractivity contribution in [2.75, 3.05) is 11.9 Å². The molecule has 1 N–H and O–H groups in total. The van der Waals surface area contributed by atoms with Crippen LogP contribution < -0.4 is 10.2 Å². The average molecular weight is 294 g/mol. The Hall–Kier alpha value is -2.13. The van der Waals surface area contributed by atoms with Crippen molar-refractivity contribution >= 4 is 11.6 Å². The normalized spacial score (nSPS) is 20.4. The second-order valence-corrected chi connectivity index (χ2v) is 6.27. The molecule has 3 heteroatoms. The molecule has 2 aromatic rings. The molecule has 3 nitrogen and oxygen atoms in total. The van der Waals surface area contributed by atoms with Crippen molar-refractivity contribution in [3.05, 3.63) is 65.7 Å². The number of hydrogen-bond donors (Lipinski definition) is 1. The summed E-state index contributed by atoms with van der Waals surface area (Å²) < 4.78 is 0. The first kappa shape index (κ1) is 14.8. The summed E-state index contributed by atoms with van der Waals surface area (Å²) in [6, 6.07) is 18.1. The van der Waals surface area contributed by atoms with E-state index < -0.39 is 0 Å². The molecular formula is C19H22N2O. The Bertz CT molecular complexity index is 679. The largest absolute Gasteiger partial charge is 0.309 e. The van der Waals surface area contributed by atoms with Crippen molar-refractivity contribution in [3.8, 4) is 0 Å². The molecule has 2 aromatic carbocycles. The Morgan fingerprint density at radius 3 is 2.36 bits per heavy atom. The van der Waals surface area contributed by atoms with Crippen LogP contribution in [-0.4, -0.2) is 19.0 Å². The Balaban J connectivity index is 2.20. The number of likely N-dealkylation sites (N-methyl/N-ethyl adjacent to an activating group) is 1. The van der Waals surface area contributed by atoms with E-state index in [1.165, 1.54) is 11.1 Å². The van der Waals surface area contributed by atoms with Gasteiger partial charge in [0.05, 0.1) is 11.6 Å². The number of benzene rings is 2. The first-order valence-corrected chi connectivity index (χ1v) is 7.70. The van der Waals surface area contributed by atoms with Gasteiger partial charge in [0.25, 0.3) is 0 Å². The van der Waals surface area contributed by atoms with Gasteiger partial charge in [-0.05, 0) is 50.6 Å². The van der Waals surface area contributed by atoms with Crippen LogP contribution in [0.3, 0.4) is 0 Å². The standard InChI is InChI=1S/C19H22N2O/c1-19(2)16-12-8-7-9-14(16)13-17(20-3)18(22)21(19)15-10-5-4-6-11-15/h4-12,17,20H,13H2,1-3H3. The summed E-state index contributed by atoms with van der Waals surface area (Å²) in [5.41, 5.74) is 3.00. The van der Waals surface area contributed by atoms with Crippen LogP contribution in [0.1, 0.15) is 25.0 Å². The molecule has 0 saturated carbocycles. The van der Waals surface area contributed by atoms with Gasteiger partial charge in [0.2, 0.25) is 5.91 Å². The van der Waals surface area contributed by atoms with Crippen LogP contribution in [0.2, 0.25) is 0 Å². The first-order chi connectivity index (χ1) is 10.6. The number of anilines is 1. The second kappa shape index (κ2) is 5.58. The van der Waals surface area contributed by atoms with Crippen molar-refractivity contribution < 1.29 is 4.79 Å². The predicted molar refractivity (Wildman–Crippen MR) is 89.9 cm³/mol. The van der Waals surface area contributed by atoms with Crippen LogP contribution >= 0.6 is 0 Å². The maximum absolute atomic E-state index is 13.1. The topological polar surface area (TPSA) is 32.3 Å². The lowest BCUT2D eigenvalue weighted by Crippen LogP contribution is -2.51. The minimum atomic E-state index is -0.388. The molecule has 1 aliphatic heterocycles. The predicted octanol–water partition coefficient (Wildman–Crippen LogP) is 3.10. The van der Waals surface area contributed by atoms with Crippen LogP contribution in [0.25, 0.3) is 0 Å². The summed E-state index contributed by atoms with van der Waals surface area (Å²) in [4.78, 5) is 15.1. The quantitative estimate of drug-likeness (QED) is 0.923. The fourth-order valence-corrected chi connectivity index (χ4v) is 3.41. The number of carbonyl (C=O) groups excluding carboxylic acids is 1. The molecule has 22 heavy (non-hydrogen) atoms. The highest BCUT2D eigenvalue weighted by molar-refractivity contribution is 5.99. The molecule has 1 heterocycles. The van der Waals surface area contributed by atoms with Gasteiger partial charge >= 0.3 is 0 Å². The number of carbonyl (C=O) groups is 1. The van der Waals surface area contributed by atoms with Gasteiger partial charge < -0.3 is 10.2 Å². The molecule has 114 valence electrons. The fraction of sp³-hybridized carbons (Fsp3) is 0.316. The van der Waals surface area contributed by atoms with Crippen LogP contribution in [-0.2, 0) is 16.8 Å². The molecule has 1 aliphatic rings. The zero-order valence-electron chi connectivity index (χ0n) is 13.3. The highest BCUT2D eigenvalue weighted by Gasteiger charge is 2.41. The summed E-state index contributed by atoms with van der Waals surface area (Å²) in [6.45, 7) is 4.24. The molecule has 0 spiro atoms. The molecule has 1 atom stereocenters. The zero-order chi connectivity index (χ0) is 15.7. The maximum Gasteiger partial charge on any atom is 0.245 e. The van der Waals surface area contributed by atoms with Gasteiger partial charge in [0.1, 0.15) is 0 Å². The number of fused-ring (bicyclic) bond motifs is 1. The smallest absolute Gasteiger partial charge is 0.245 e. The third kappa shape index (κ3) is 2.32. The number of nitrogens with zero attached hydrogens (tertiary/aromatic N) is 1. The third-order valence-corrected chi connectivity index (χ3v) is 4.54. The van der Waals surface area contributed by atoms with E-state index in [4.69, 9.17) is 0 Å². The highest BCUT2D eigenvalue weighted by atomic mass is 16.2. The van der Waals surface area contributed by atoms with Crippen molar-refractivity contribution in [2.45, 2.75) is 31.8 Å². The summed E-state index contributed by atoms with van der Waals surface area (Å²) in [6.07, 6.45) is 0.721. The van der Waals surface area contributed by atoms with E-state index in [2.05, 4.69) is 31.3 Å². The van der Waals surface area contributed by atoms with E-state index in [9.17, 15) is 4.79 Å². The fourth-order valence-electron chi connectivity index (χ4n) is 3.41. The molecule has 1 amide bonds. The number of hydrogen-bond acceptors (Lipinski definition) is 2. The lowest BCUT2D eigenvalue weighted by molar-refractivity contribution is -0.121. The highest BCUT2D eigenvalue weighted by Crippen LogP contribution is 2.37. The van der Waals surface area contributed by atoms with Crippen molar-refractivity contribution in [3.63, 3.8) is 0 Å². The van der Waals surface area contributed by atoms with Gasteiger partial charge in [-0.3, -0.25) is 4.79 Å². The van der Waals surface area contributed by atoms with Crippen LogP contribution in [0.15, 0.2) is 54.6 Å². The molecule has 0 aromatic heterocycles. The summed E-state index contributed by atoms with van der Waals surface area (Å²) >= 11 is 0. The maximum atomic E-state index is 13.1.